The third kappa shape index (κ3) is 2.90. The highest BCUT2D eigenvalue weighted by molar-refractivity contribution is 7.11. The summed E-state index contributed by atoms with van der Waals surface area (Å²) in [6.45, 7) is 10.5. The average Bonchev–Trinajstić information content (AvgIpc) is 2.91. The van der Waals surface area contributed by atoms with E-state index in [-0.39, 0.29) is 11.9 Å². The van der Waals surface area contributed by atoms with E-state index < -0.39 is 0 Å². The average molecular weight is 292 g/mol. The Balaban J connectivity index is 2.17. The molecule has 0 radical (unpaired) electrons. The normalized spacial score (nSPS) is 12.4. The molecule has 0 aliphatic carbocycles. The van der Waals surface area contributed by atoms with Gasteiger partial charge in [0.15, 0.2) is 0 Å². The van der Waals surface area contributed by atoms with Gasteiger partial charge in [-0.25, -0.2) is 4.98 Å². The van der Waals surface area contributed by atoms with Gasteiger partial charge in [0.25, 0.3) is 5.91 Å². The van der Waals surface area contributed by atoms with Crippen molar-refractivity contribution >= 4 is 17.2 Å². The topological polar surface area (TPSA) is 59.8 Å². The van der Waals surface area contributed by atoms with Crippen LogP contribution in [0.4, 0.5) is 0 Å². The fourth-order valence-corrected chi connectivity index (χ4v) is 3.18. The Morgan fingerprint density at radius 3 is 2.70 bits per heavy atom. The highest BCUT2D eigenvalue weighted by atomic mass is 32.1. The van der Waals surface area contributed by atoms with E-state index in [2.05, 4.69) is 15.4 Å². The van der Waals surface area contributed by atoms with Crippen LogP contribution in [0.1, 0.15) is 51.7 Å². The number of nitrogens with zero attached hydrogens (tertiary/aromatic N) is 3. The van der Waals surface area contributed by atoms with Gasteiger partial charge in [0.05, 0.1) is 22.4 Å². The van der Waals surface area contributed by atoms with Crippen molar-refractivity contribution in [1.82, 2.24) is 20.1 Å². The number of hydrogen-bond donors (Lipinski definition) is 1. The Labute approximate surface area is 123 Å². The van der Waals surface area contributed by atoms with Crippen molar-refractivity contribution in [2.75, 3.05) is 0 Å². The van der Waals surface area contributed by atoms with E-state index in [0.29, 0.717) is 12.2 Å². The summed E-state index contributed by atoms with van der Waals surface area (Å²) in [4.78, 5) is 17.9. The minimum Gasteiger partial charge on any atom is -0.343 e. The van der Waals surface area contributed by atoms with Crippen molar-refractivity contribution < 1.29 is 4.79 Å². The molecule has 2 aromatic heterocycles. The molecule has 20 heavy (non-hydrogen) atoms. The zero-order valence-corrected chi connectivity index (χ0v) is 13.3. The van der Waals surface area contributed by atoms with Gasteiger partial charge in [-0.05, 0) is 40.7 Å². The van der Waals surface area contributed by atoms with Crippen molar-refractivity contribution in [3.8, 4) is 0 Å². The molecule has 0 fully saturated rings. The molecule has 6 heteroatoms. The van der Waals surface area contributed by atoms with Crippen LogP contribution < -0.4 is 5.32 Å². The Morgan fingerprint density at radius 1 is 1.45 bits per heavy atom. The van der Waals surface area contributed by atoms with Crippen LogP contribution in [0.25, 0.3) is 0 Å². The molecule has 0 saturated carbocycles. The lowest BCUT2D eigenvalue weighted by Gasteiger charge is -2.13. The summed E-state index contributed by atoms with van der Waals surface area (Å²) in [6.07, 6.45) is 0. The number of carbonyl (C=O) groups is 1. The van der Waals surface area contributed by atoms with E-state index in [1.165, 1.54) is 0 Å². The van der Waals surface area contributed by atoms with Gasteiger partial charge in [0.2, 0.25) is 0 Å². The number of rotatable bonds is 4. The zero-order chi connectivity index (χ0) is 14.9. The molecule has 2 aromatic rings. The lowest BCUT2D eigenvalue weighted by Crippen LogP contribution is -2.28. The van der Waals surface area contributed by atoms with E-state index in [0.717, 1.165) is 21.3 Å². The second-order valence-electron chi connectivity index (χ2n) is 4.86. The van der Waals surface area contributed by atoms with Crippen LogP contribution in [0.2, 0.25) is 0 Å². The predicted molar refractivity (Wildman–Crippen MR) is 80.1 cm³/mol. The minimum atomic E-state index is -0.0922. The molecule has 2 heterocycles. The van der Waals surface area contributed by atoms with E-state index >= 15 is 0 Å². The van der Waals surface area contributed by atoms with Crippen molar-refractivity contribution in [3.05, 3.63) is 33.0 Å². The molecule has 0 aliphatic rings. The maximum atomic E-state index is 12.4. The summed E-state index contributed by atoms with van der Waals surface area (Å²) in [5.41, 5.74) is 2.45. The molecule has 0 aliphatic heterocycles. The first-order valence-corrected chi connectivity index (χ1v) is 7.53. The van der Waals surface area contributed by atoms with Gasteiger partial charge in [0.1, 0.15) is 5.69 Å². The Bertz CT molecular complexity index is 629. The van der Waals surface area contributed by atoms with Crippen LogP contribution >= 0.6 is 11.3 Å². The first kappa shape index (κ1) is 14.7. The Kier molecular flexibility index (Phi) is 4.23. The summed E-state index contributed by atoms with van der Waals surface area (Å²) < 4.78 is 1.72. The largest absolute Gasteiger partial charge is 0.343 e. The van der Waals surface area contributed by atoms with E-state index in [1.54, 1.807) is 16.0 Å². The molecule has 2 rings (SSSR count). The lowest BCUT2D eigenvalue weighted by atomic mass is 10.2. The van der Waals surface area contributed by atoms with E-state index in [4.69, 9.17) is 0 Å². The maximum absolute atomic E-state index is 12.4. The quantitative estimate of drug-likeness (QED) is 0.942. The van der Waals surface area contributed by atoms with E-state index in [1.807, 2.05) is 40.7 Å². The highest BCUT2D eigenvalue weighted by Gasteiger charge is 2.19. The summed E-state index contributed by atoms with van der Waals surface area (Å²) in [5.74, 6) is -0.0922. The Morgan fingerprint density at radius 2 is 2.15 bits per heavy atom. The number of aromatic nitrogens is 3. The summed E-state index contributed by atoms with van der Waals surface area (Å²) in [5, 5.41) is 8.34. The molecule has 1 amide bonds. The first-order chi connectivity index (χ1) is 9.42. The molecular formula is C14H20N4OS. The minimum absolute atomic E-state index is 0.0470. The van der Waals surface area contributed by atoms with Crippen LogP contribution in [0.5, 0.6) is 0 Å². The number of hydrogen-bond acceptors (Lipinski definition) is 4. The number of carbonyl (C=O) groups excluding carboxylic acids is 1. The molecule has 108 valence electrons. The molecule has 5 nitrogen and oxygen atoms in total. The van der Waals surface area contributed by atoms with Crippen LogP contribution in [-0.2, 0) is 6.54 Å². The van der Waals surface area contributed by atoms with Crippen LogP contribution in [-0.4, -0.2) is 20.7 Å². The van der Waals surface area contributed by atoms with E-state index in [9.17, 15) is 4.79 Å². The van der Waals surface area contributed by atoms with Gasteiger partial charge >= 0.3 is 0 Å². The van der Waals surface area contributed by atoms with Crippen LogP contribution in [0.3, 0.4) is 0 Å². The fraction of sp³-hybridized carbons (Fsp3) is 0.500. The van der Waals surface area contributed by atoms with Gasteiger partial charge < -0.3 is 5.32 Å². The molecule has 0 spiro atoms. The van der Waals surface area contributed by atoms with Gasteiger partial charge in [-0.3, -0.25) is 9.48 Å². The first-order valence-electron chi connectivity index (χ1n) is 6.71. The molecule has 1 unspecified atom stereocenters. The Hall–Kier alpha value is -1.69. The van der Waals surface area contributed by atoms with Crippen molar-refractivity contribution in [2.24, 2.45) is 0 Å². The standard InChI is InChI=1S/C14H20N4OS/c1-6-18-12(7-8(2)17-18)14(19)16-10(4)13-9(3)15-11(5)20-13/h7,10H,6H2,1-5H3,(H,16,19). The molecule has 0 saturated heterocycles. The summed E-state index contributed by atoms with van der Waals surface area (Å²) >= 11 is 1.63. The lowest BCUT2D eigenvalue weighted by molar-refractivity contribution is 0.0929. The highest BCUT2D eigenvalue weighted by Crippen LogP contribution is 2.24. The third-order valence-electron chi connectivity index (χ3n) is 3.11. The van der Waals surface area contributed by atoms with Crippen molar-refractivity contribution in [1.29, 1.82) is 0 Å². The van der Waals surface area contributed by atoms with Crippen molar-refractivity contribution in [2.45, 2.75) is 47.2 Å². The number of nitrogens with one attached hydrogen (secondary N) is 1. The second kappa shape index (κ2) is 5.75. The summed E-state index contributed by atoms with van der Waals surface area (Å²) in [7, 11) is 0. The number of amides is 1. The zero-order valence-electron chi connectivity index (χ0n) is 12.5. The number of aryl methyl sites for hydroxylation is 4. The van der Waals surface area contributed by atoms with Crippen molar-refractivity contribution in [3.63, 3.8) is 0 Å². The molecule has 1 atom stereocenters. The van der Waals surface area contributed by atoms with Gasteiger partial charge in [-0.2, -0.15) is 5.10 Å². The maximum Gasteiger partial charge on any atom is 0.270 e. The summed E-state index contributed by atoms with van der Waals surface area (Å²) in [6, 6.07) is 1.77. The van der Waals surface area contributed by atoms with Gasteiger partial charge in [-0.15, -0.1) is 11.3 Å². The predicted octanol–water partition coefficient (Wildman–Crippen LogP) is 2.78. The van der Waals surface area contributed by atoms with Gasteiger partial charge in [0, 0.05) is 11.4 Å². The van der Waals surface area contributed by atoms with Crippen LogP contribution in [0, 0.1) is 20.8 Å². The SMILES string of the molecule is CCn1nc(C)cc1C(=O)NC(C)c1sc(C)nc1C. The molecule has 1 N–H and O–H groups in total. The third-order valence-corrected chi connectivity index (χ3v) is 4.37. The molecule has 0 bridgehead atoms. The second-order valence-corrected chi connectivity index (χ2v) is 6.10. The monoisotopic (exact) mass is 292 g/mol. The van der Waals surface area contributed by atoms with Gasteiger partial charge in [-0.1, -0.05) is 0 Å². The molecular weight excluding hydrogens is 272 g/mol. The fourth-order valence-electron chi connectivity index (χ4n) is 2.25. The number of thiazole rings is 1. The van der Waals surface area contributed by atoms with Crippen LogP contribution in [0.15, 0.2) is 6.07 Å². The smallest absolute Gasteiger partial charge is 0.270 e. The molecule has 0 aromatic carbocycles.